The molecule has 1 amide bonds. The number of hydrogen-bond donors (Lipinski definition) is 6. The fraction of sp³-hybridized carbons (Fsp3) is 0.312. The van der Waals surface area contributed by atoms with Crippen LogP contribution in [0.25, 0.3) is 10.9 Å². The SMILES string of the molecule is O=C(NC(c1ccccc1)c1cccc(OCC2(Cc3ccccc3CNC[C@H](O)c3ccc(O)c4[nH]c(=O)ccc34)C=CC(C(=O)O)C=C2)c1)O[C@H]1CN2CCC1CC2. The Bertz CT molecular complexity index is 2430. The number of H-pyrrole nitrogens is 1. The van der Waals surface area contributed by atoms with Crippen molar-refractivity contribution >= 4 is 23.0 Å². The Morgan fingerprint density at radius 1 is 0.883 bits per heavy atom. The van der Waals surface area contributed by atoms with Crippen LogP contribution in [0, 0.1) is 17.3 Å². The molecule has 6 N–H and O–H groups in total. The van der Waals surface area contributed by atoms with E-state index in [1.54, 1.807) is 24.3 Å². The maximum Gasteiger partial charge on any atom is 0.408 e. The van der Waals surface area contributed by atoms with Gasteiger partial charge in [-0.15, -0.1) is 0 Å². The summed E-state index contributed by atoms with van der Waals surface area (Å²) in [4.78, 5) is 42.3. The standard InChI is InChI=1S/C48H50N4O8/c53-40-15-13-38(39-14-16-43(55)50-45(39)40)41(54)28-49-27-36-10-5-4-9-35(36)26-48(21-17-33(18-22-48)46(56)57)30-59-37-12-6-11-34(25-37)44(32-7-2-1-3-8-32)51-47(58)60-42-29-52-23-19-31(42)20-24-52/h1-18,21-22,25,31,33,41-42,44,49,53-54H,19-20,23-24,26-30H2,(H,50,55)(H,51,58)(H,56,57)/t33?,41-,42-,44?,48?/m0/s1. The van der Waals surface area contributed by atoms with Crippen molar-refractivity contribution in [3.8, 4) is 11.5 Å². The molecule has 5 aromatic rings. The Kier molecular flexibility index (Phi) is 12.1. The molecular weight excluding hydrogens is 761 g/mol. The molecule has 0 spiro atoms. The Morgan fingerprint density at radius 2 is 1.62 bits per heavy atom. The molecule has 4 aliphatic rings. The highest BCUT2D eigenvalue weighted by molar-refractivity contribution is 5.87. The highest BCUT2D eigenvalue weighted by Gasteiger charge is 2.37. The van der Waals surface area contributed by atoms with Crippen LogP contribution in [-0.4, -0.2) is 76.2 Å². The van der Waals surface area contributed by atoms with Crippen LogP contribution in [-0.2, 0) is 22.5 Å². The predicted octanol–water partition coefficient (Wildman–Crippen LogP) is 6.40. The number of aliphatic hydroxyl groups excluding tert-OH is 1. The van der Waals surface area contributed by atoms with E-state index in [2.05, 4.69) is 20.5 Å². The van der Waals surface area contributed by atoms with Crippen molar-refractivity contribution in [2.45, 2.75) is 44.1 Å². The summed E-state index contributed by atoms with van der Waals surface area (Å²) in [6.45, 7) is 3.72. The number of carboxylic acid groups (broad SMARTS) is 1. The summed E-state index contributed by atoms with van der Waals surface area (Å²) in [6.07, 6.45) is 8.32. The number of carbonyl (C=O) groups is 2. The summed E-state index contributed by atoms with van der Waals surface area (Å²) in [5.74, 6) is -0.787. The van der Waals surface area contributed by atoms with Gasteiger partial charge in [-0.2, -0.15) is 0 Å². The summed E-state index contributed by atoms with van der Waals surface area (Å²) >= 11 is 0. The molecule has 310 valence electrons. The number of ether oxygens (including phenoxy) is 2. The molecule has 12 heteroatoms. The van der Waals surface area contributed by atoms with Crippen LogP contribution in [0.15, 0.2) is 132 Å². The number of pyridine rings is 1. The highest BCUT2D eigenvalue weighted by atomic mass is 16.6. The lowest BCUT2D eigenvalue weighted by Crippen LogP contribution is -2.52. The number of phenols is 1. The number of piperidine rings is 3. The van der Waals surface area contributed by atoms with E-state index in [1.807, 2.05) is 91.0 Å². The number of benzene rings is 4. The molecule has 1 aliphatic carbocycles. The third-order valence-corrected chi connectivity index (χ3v) is 12.1. The maximum absolute atomic E-state index is 13.4. The molecule has 4 aromatic carbocycles. The lowest BCUT2D eigenvalue weighted by Gasteiger charge is -2.43. The van der Waals surface area contributed by atoms with Crippen LogP contribution in [0.2, 0.25) is 0 Å². The van der Waals surface area contributed by atoms with Crippen LogP contribution in [0.3, 0.4) is 0 Å². The zero-order chi connectivity index (χ0) is 41.6. The minimum absolute atomic E-state index is 0.0725. The van der Waals surface area contributed by atoms with Crippen LogP contribution in [0.1, 0.15) is 52.8 Å². The molecule has 12 nitrogen and oxygen atoms in total. The molecule has 0 saturated carbocycles. The Balaban J connectivity index is 0.975. The number of aromatic hydroxyl groups is 1. The first-order valence-electron chi connectivity index (χ1n) is 20.5. The van der Waals surface area contributed by atoms with Crippen LogP contribution >= 0.6 is 0 Å². The predicted molar refractivity (Wildman–Crippen MR) is 228 cm³/mol. The summed E-state index contributed by atoms with van der Waals surface area (Å²) < 4.78 is 12.6. The van der Waals surface area contributed by atoms with Gasteiger partial charge < -0.3 is 40.4 Å². The van der Waals surface area contributed by atoms with Gasteiger partial charge in [-0.05, 0) is 90.4 Å². The topological polar surface area (TPSA) is 173 Å². The number of hydrogen-bond acceptors (Lipinski definition) is 9. The number of fused-ring (bicyclic) bond motifs is 4. The molecule has 3 fully saturated rings. The van der Waals surface area contributed by atoms with E-state index >= 15 is 0 Å². The second-order valence-electron chi connectivity index (χ2n) is 16.1. The van der Waals surface area contributed by atoms with E-state index in [0.29, 0.717) is 35.6 Å². The minimum Gasteiger partial charge on any atom is -0.506 e. The number of phenolic OH excluding ortho intramolecular Hbond substituents is 1. The molecule has 3 aliphatic heterocycles. The molecular formula is C48H50N4O8. The number of aromatic nitrogens is 1. The van der Waals surface area contributed by atoms with Crippen molar-refractivity contribution in [2.75, 3.05) is 32.8 Å². The van der Waals surface area contributed by atoms with Crippen LogP contribution < -0.4 is 20.9 Å². The number of nitrogens with one attached hydrogen (secondary N) is 3. The number of amides is 1. The van der Waals surface area contributed by atoms with Gasteiger partial charge in [0.05, 0.1) is 23.6 Å². The van der Waals surface area contributed by atoms with E-state index in [-0.39, 0.29) is 36.1 Å². The van der Waals surface area contributed by atoms with Gasteiger partial charge in [0.15, 0.2) is 0 Å². The van der Waals surface area contributed by atoms with Gasteiger partial charge in [0.1, 0.15) is 24.2 Å². The largest absolute Gasteiger partial charge is 0.506 e. The second kappa shape index (κ2) is 18.0. The average molecular weight is 811 g/mol. The fourth-order valence-corrected chi connectivity index (χ4v) is 8.74. The number of rotatable bonds is 15. The van der Waals surface area contributed by atoms with Gasteiger partial charge in [-0.3, -0.25) is 14.5 Å². The molecule has 3 atom stereocenters. The zero-order valence-electron chi connectivity index (χ0n) is 33.2. The molecule has 1 aromatic heterocycles. The van der Waals surface area contributed by atoms with Gasteiger partial charge in [-0.25, -0.2) is 4.79 Å². The Labute approximate surface area is 348 Å². The summed E-state index contributed by atoms with van der Waals surface area (Å²) in [5.41, 5.74) is 3.54. The summed E-state index contributed by atoms with van der Waals surface area (Å²) in [6, 6.07) is 31.0. The van der Waals surface area contributed by atoms with E-state index in [4.69, 9.17) is 9.47 Å². The fourth-order valence-electron chi connectivity index (χ4n) is 8.74. The van der Waals surface area contributed by atoms with Crippen molar-refractivity contribution in [1.29, 1.82) is 0 Å². The first-order chi connectivity index (χ1) is 29.1. The van der Waals surface area contributed by atoms with Crippen LogP contribution in [0.5, 0.6) is 11.5 Å². The number of carbonyl (C=O) groups excluding carboxylic acids is 1. The average Bonchev–Trinajstić information content (AvgIpc) is 3.27. The van der Waals surface area contributed by atoms with Crippen molar-refractivity contribution < 1.29 is 34.4 Å². The molecule has 9 rings (SSSR count). The number of aliphatic carboxylic acids is 1. The molecule has 3 saturated heterocycles. The maximum atomic E-state index is 13.4. The van der Waals surface area contributed by atoms with Gasteiger partial charge in [0.2, 0.25) is 5.56 Å². The van der Waals surface area contributed by atoms with Gasteiger partial charge >= 0.3 is 12.1 Å². The van der Waals surface area contributed by atoms with Crippen molar-refractivity contribution in [1.82, 2.24) is 20.5 Å². The molecule has 0 radical (unpaired) electrons. The monoisotopic (exact) mass is 810 g/mol. The smallest absolute Gasteiger partial charge is 0.408 e. The van der Waals surface area contributed by atoms with E-state index < -0.39 is 35.5 Å². The number of alkyl carbamates (subject to hydrolysis) is 1. The minimum atomic E-state index is -0.938. The third-order valence-electron chi connectivity index (χ3n) is 12.1. The van der Waals surface area contributed by atoms with E-state index in [0.717, 1.165) is 54.7 Å². The normalized spacial score (nSPS) is 22.9. The second-order valence-corrected chi connectivity index (χ2v) is 16.1. The zero-order valence-corrected chi connectivity index (χ0v) is 33.2. The molecule has 4 heterocycles. The summed E-state index contributed by atoms with van der Waals surface area (Å²) in [7, 11) is 0. The molecule has 1 unspecified atom stereocenters. The van der Waals surface area contributed by atoms with Crippen molar-refractivity contribution in [3.05, 3.63) is 166 Å². The molecule has 2 bridgehead atoms. The van der Waals surface area contributed by atoms with Gasteiger partial charge in [0, 0.05) is 36.5 Å². The van der Waals surface area contributed by atoms with Crippen molar-refractivity contribution in [3.63, 3.8) is 0 Å². The van der Waals surface area contributed by atoms with Gasteiger partial charge in [0.25, 0.3) is 0 Å². The van der Waals surface area contributed by atoms with Crippen molar-refractivity contribution in [2.24, 2.45) is 17.3 Å². The molecule has 60 heavy (non-hydrogen) atoms. The first-order valence-corrected chi connectivity index (χ1v) is 20.5. The van der Waals surface area contributed by atoms with Crippen LogP contribution in [0.4, 0.5) is 4.79 Å². The third kappa shape index (κ3) is 9.31. The summed E-state index contributed by atoms with van der Waals surface area (Å²) in [5, 5.41) is 38.3. The number of aliphatic hydroxyl groups is 1. The van der Waals surface area contributed by atoms with E-state index in [9.17, 15) is 29.7 Å². The Hall–Kier alpha value is -6.21. The number of nitrogens with zero attached hydrogens (tertiary/aromatic N) is 1. The van der Waals surface area contributed by atoms with Gasteiger partial charge in [-0.1, -0.05) is 97.1 Å². The lowest BCUT2D eigenvalue weighted by atomic mass is 9.76. The quantitative estimate of drug-likeness (QED) is 0.0650. The lowest BCUT2D eigenvalue weighted by molar-refractivity contribution is -0.138. The Morgan fingerprint density at radius 3 is 2.35 bits per heavy atom. The van der Waals surface area contributed by atoms with E-state index in [1.165, 1.54) is 12.1 Å². The number of aromatic amines is 1. The number of carboxylic acids is 1. The highest BCUT2D eigenvalue weighted by Crippen LogP contribution is 2.36. The first kappa shape index (κ1) is 40.6.